The van der Waals surface area contributed by atoms with Crippen LogP contribution in [0.15, 0.2) is 44.7 Å². The smallest absolute Gasteiger partial charge is 0.346 e. The third kappa shape index (κ3) is 6.34. The quantitative estimate of drug-likeness (QED) is 0.164. The Morgan fingerprint density at radius 2 is 2.03 bits per heavy atom. The summed E-state index contributed by atoms with van der Waals surface area (Å²) in [6, 6.07) is 9.19. The van der Waals surface area contributed by atoms with E-state index in [2.05, 4.69) is 43.6 Å². The largest absolute Gasteiger partial charge is 0.490 e. The summed E-state index contributed by atoms with van der Waals surface area (Å²) in [6.07, 6.45) is 6.25. The zero-order chi connectivity index (χ0) is 26.5. The van der Waals surface area contributed by atoms with Crippen molar-refractivity contribution in [1.82, 2.24) is 9.66 Å². The van der Waals surface area contributed by atoms with Gasteiger partial charge in [-0.2, -0.15) is 9.78 Å². The summed E-state index contributed by atoms with van der Waals surface area (Å²) < 4.78 is 19.4. The highest BCUT2D eigenvalue weighted by Gasteiger charge is 2.23. The number of ether oxygens (including phenoxy) is 3. The maximum absolute atomic E-state index is 13.6. The summed E-state index contributed by atoms with van der Waals surface area (Å²) in [4.78, 5) is 30.3. The van der Waals surface area contributed by atoms with Gasteiger partial charge >= 0.3 is 5.97 Å². The summed E-state index contributed by atoms with van der Waals surface area (Å²) >= 11 is 5.59. The van der Waals surface area contributed by atoms with E-state index >= 15 is 0 Å². The Bertz CT molecular complexity index is 1380. The fourth-order valence-corrected chi connectivity index (χ4v) is 5.57. The molecular formula is C27H29BrIN3O5. The van der Waals surface area contributed by atoms with E-state index in [1.165, 1.54) is 18.2 Å². The van der Waals surface area contributed by atoms with Gasteiger partial charge in [0, 0.05) is 10.4 Å². The minimum absolute atomic E-state index is 0.182. The lowest BCUT2D eigenvalue weighted by Crippen LogP contribution is -2.25. The van der Waals surface area contributed by atoms with E-state index in [4.69, 9.17) is 19.2 Å². The first-order chi connectivity index (χ1) is 17.8. The number of aromatic nitrogens is 2. The number of hydrogen-bond donors (Lipinski definition) is 0. The van der Waals surface area contributed by atoms with Crippen molar-refractivity contribution in [2.24, 2.45) is 5.10 Å². The minimum atomic E-state index is -0.795. The van der Waals surface area contributed by atoms with Crippen LogP contribution < -0.4 is 15.0 Å². The maximum atomic E-state index is 13.6. The fraction of sp³-hybridized carbons (Fsp3) is 0.407. The third-order valence-corrected chi connectivity index (χ3v) is 7.58. The monoisotopic (exact) mass is 681 g/mol. The summed E-state index contributed by atoms with van der Waals surface area (Å²) in [5.41, 5.74) is 1.20. The molecule has 1 atom stereocenters. The van der Waals surface area contributed by atoms with Gasteiger partial charge in [-0.1, -0.05) is 35.2 Å². The number of esters is 1. The molecular weight excluding hydrogens is 653 g/mol. The van der Waals surface area contributed by atoms with Gasteiger partial charge in [-0.25, -0.2) is 9.78 Å². The molecule has 1 heterocycles. The number of rotatable bonds is 8. The summed E-state index contributed by atoms with van der Waals surface area (Å²) in [5.74, 6) is 1.33. The zero-order valence-corrected chi connectivity index (χ0v) is 24.7. The number of carbonyl (C=O) groups is 1. The Hall–Kier alpha value is -2.47. The number of methoxy groups -OCH3 is 1. The van der Waals surface area contributed by atoms with Crippen molar-refractivity contribution in [3.05, 3.63) is 60.1 Å². The number of carbonyl (C=O) groups excluding carboxylic acids is 1. The number of halogens is 2. The second kappa shape index (κ2) is 12.4. The van der Waals surface area contributed by atoms with E-state index in [9.17, 15) is 9.59 Å². The highest BCUT2D eigenvalue weighted by atomic mass is 127. The van der Waals surface area contributed by atoms with Crippen molar-refractivity contribution in [3.63, 3.8) is 0 Å². The minimum Gasteiger partial charge on any atom is -0.490 e. The molecule has 1 fully saturated rings. The molecule has 0 amide bonds. The van der Waals surface area contributed by atoms with Crippen molar-refractivity contribution >= 4 is 61.6 Å². The highest BCUT2D eigenvalue weighted by molar-refractivity contribution is 14.1. The number of nitrogens with zero attached hydrogens (tertiary/aromatic N) is 3. The molecule has 0 aliphatic heterocycles. The van der Waals surface area contributed by atoms with Gasteiger partial charge in [-0.05, 0) is 85.2 Å². The SMILES string of the molecule is CCOc1cc(C=Nn2c(C3CCCCC3)nc3ccc(Br)cc3c2=O)cc(I)c1O[C@H](C)C(=O)OC. The highest BCUT2D eigenvalue weighted by Crippen LogP contribution is 2.35. The van der Waals surface area contributed by atoms with Crippen LogP contribution in [0.25, 0.3) is 10.9 Å². The van der Waals surface area contributed by atoms with E-state index in [1.807, 2.05) is 25.1 Å². The predicted molar refractivity (Wildman–Crippen MR) is 155 cm³/mol. The van der Waals surface area contributed by atoms with Crippen LogP contribution in [0.2, 0.25) is 0 Å². The van der Waals surface area contributed by atoms with Gasteiger partial charge in [-0.3, -0.25) is 4.79 Å². The van der Waals surface area contributed by atoms with E-state index in [0.29, 0.717) is 34.8 Å². The Morgan fingerprint density at radius 3 is 2.73 bits per heavy atom. The lowest BCUT2D eigenvalue weighted by molar-refractivity contribution is -0.148. The molecule has 0 spiro atoms. The van der Waals surface area contributed by atoms with Gasteiger partial charge in [-0.15, -0.1) is 0 Å². The van der Waals surface area contributed by atoms with Crippen LogP contribution in [0, 0.1) is 3.57 Å². The van der Waals surface area contributed by atoms with E-state index in [1.54, 1.807) is 25.3 Å². The van der Waals surface area contributed by atoms with Crippen LogP contribution in [0.4, 0.5) is 0 Å². The van der Waals surface area contributed by atoms with E-state index < -0.39 is 12.1 Å². The molecule has 37 heavy (non-hydrogen) atoms. The third-order valence-electron chi connectivity index (χ3n) is 6.29. The van der Waals surface area contributed by atoms with Crippen LogP contribution in [-0.4, -0.2) is 41.7 Å². The number of hydrogen-bond acceptors (Lipinski definition) is 7. The molecule has 0 unspecified atom stereocenters. The van der Waals surface area contributed by atoms with Crippen LogP contribution in [-0.2, 0) is 9.53 Å². The van der Waals surface area contributed by atoms with Crippen LogP contribution in [0.1, 0.15) is 63.3 Å². The Labute approximate surface area is 237 Å². The van der Waals surface area contributed by atoms with E-state index in [-0.39, 0.29) is 11.5 Å². The molecule has 1 aliphatic rings. The lowest BCUT2D eigenvalue weighted by Gasteiger charge is -2.22. The summed E-state index contributed by atoms with van der Waals surface area (Å²) in [5, 5.41) is 5.14. The van der Waals surface area contributed by atoms with Crippen molar-refractivity contribution in [2.75, 3.05) is 13.7 Å². The molecule has 0 saturated heterocycles. The maximum Gasteiger partial charge on any atom is 0.346 e. The molecule has 1 saturated carbocycles. The van der Waals surface area contributed by atoms with E-state index in [0.717, 1.165) is 39.3 Å². The molecule has 0 radical (unpaired) electrons. The summed E-state index contributed by atoms with van der Waals surface area (Å²) in [7, 11) is 1.32. The Balaban J connectivity index is 1.77. The number of benzene rings is 2. The topological polar surface area (TPSA) is 92.0 Å². The first kappa shape index (κ1) is 27.6. The fourth-order valence-electron chi connectivity index (χ4n) is 4.46. The van der Waals surface area contributed by atoms with Crippen molar-refractivity contribution < 1.29 is 19.0 Å². The van der Waals surface area contributed by atoms with Gasteiger partial charge < -0.3 is 14.2 Å². The van der Waals surface area contributed by atoms with Crippen LogP contribution in [0.3, 0.4) is 0 Å². The predicted octanol–water partition coefficient (Wildman–Crippen LogP) is 6.03. The van der Waals surface area contributed by atoms with Gasteiger partial charge in [0.2, 0.25) is 0 Å². The van der Waals surface area contributed by atoms with Crippen LogP contribution >= 0.6 is 38.5 Å². The molecule has 8 nitrogen and oxygen atoms in total. The molecule has 1 aromatic heterocycles. The Morgan fingerprint density at radius 1 is 1.27 bits per heavy atom. The zero-order valence-electron chi connectivity index (χ0n) is 21.0. The van der Waals surface area contributed by atoms with Gasteiger partial charge in [0.05, 0.1) is 34.4 Å². The molecule has 10 heteroatoms. The second-order valence-electron chi connectivity index (χ2n) is 8.87. The molecule has 2 aromatic carbocycles. The Kier molecular flexibility index (Phi) is 9.22. The molecule has 0 N–H and O–H groups in total. The average Bonchev–Trinajstić information content (AvgIpc) is 2.90. The average molecular weight is 682 g/mol. The molecule has 1 aliphatic carbocycles. The second-order valence-corrected chi connectivity index (χ2v) is 11.0. The summed E-state index contributed by atoms with van der Waals surface area (Å²) in [6.45, 7) is 3.90. The van der Waals surface area contributed by atoms with Crippen molar-refractivity contribution in [2.45, 2.75) is 58.0 Å². The molecule has 196 valence electrons. The first-order valence-corrected chi connectivity index (χ1v) is 14.2. The standard InChI is InChI=1S/C27H29BrIN3O5/c1-4-36-23-13-17(12-21(29)24(23)37-16(2)27(34)35-3)15-30-32-25(18-8-6-5-7-9-18)31-22-11-10-19(28)14-20(22)26(32)33/h10-16,18H,4-9H2,1-3H3/t16-/m1/s1. The van der Waals surface area contributed by atoms with Gasteiger partial charge in [0.15, 0.2) is 17.6 Å². The van der Waals surface area contributed by atoms with Gasteiger partial charge in [0.25, 0.3) is 5.56 Å². The molecule has 0 bridgehead atoms. The van der Waals surface area contributed by atoms with Crippen LogP contribution in [0.5, 0.6) is 11.5 Å². The van der Waals surface area contributed by atoms with Crippen molar-refractivity contribution in [1.29, 1.82) is 0 Å². The molecule has 4 rings (SSSR count). The lowest BCUT2D eigenvalue weighted by atomic mass is 9.88. The molecule has 3 aromatic rings. The van der Waals surface area contributed by atoms with Gasteiger partial charge in [0.1, 0.15) is 5.82 Å². The first-order valence-electron chi connectivity index (χ1n) is 12.3. The normalized spacial score (nSPS) is 15.2. The van der Waals surface area contributed by atoms with Crippen molar-refractivity contribution in [3.8, 4) is 11.5 Å². The number of fused-ring (bicyclic) bond motifs is 1.